The Labute approximate surface area is 119 Å². The fraction of sp³-hybridized carbons (Fsp3) is 0.385. The van der Waals surface area contributed by atoms with Gasteiger partial charge in [0.05, 0.1) is 4.92 Å². The zero-order valence-electron chi connectivity index (χ0n) is 11.3. The first-order valence-corrected chi connectivity index (χ1v) is 6.43. The Kier molecular flexibility index (Phi) is 4.15. The molecule has 1 aromatic carbocycles. The van der Waals surface area contributed by atoms with Crippen LogP contribution in [0.2, 0.25) is 0 Å². The van der Waals surface area contributed by atoms with Crippen LogP contribution in [0.4, 0.5) is 10.1 Å². The van der Waals surface area contributed by atoms with Crippen LogP contribution in [0.5, 0.6) is 0 Å². The summed E-state index contributed by atoms with van der Waals surface area (Å²) in [6, 6.07) is 2.24. The number of nitro groups is 1. The molecule has 0 bridgehead atoms. The number of nitro benzene ring substituents is 1. The number of carbonyl (C=O) groups is 2. The van der Waals surface area contributed by atoms with Crippen LogP contribution in [0.15, 0.2) is 18.2 Å². The Morgan fingerprint density at radius 3 is 2.62 bits per heavy atom. The summed E-state index contributed by atoms with van der Waals surface area (Å²) < 4.78 is 13.4. The molecule has 0 saturated heterocycles. The van der Waals surface area contributed by atoms with Gasteiger partial charge in [-0.05, 0) is 31.9 Å². The second-order valence-corrected chi connectivity index (χ2v) is 4.90. The quantitative estimate of drug-likeness (QED) is 0.628. The monoisotopic (exact) mass is 295 g/mol. The minimum Gasteiger partial charge on any atom is -0.352 e. The highest BCUT2D eigenvalue weighted by Crippen LogP contribution is 2.19. The third kappa shape index (κ3) is 3.74. The predicted molar refractivity (Wildman–Crippen MR) is 71.1 cm³/mol. The third-order valence-electron chi connectivity index (χ3n) is 3.07. The van der Waals surface area contributed by atoms with Crippen molar-refractivity contribution in [1.82, 2.24) is 10.6 Å². The molecule has 1 aliphatic carbocycles. The topological polar surface area (TPSA) is 101 Å². The van der Waals surface area contributed by atoms with E-state index in [9.17, 15) is 24.1 Å². The van der Waals surface area contributed by atoms with E-state index < -0.39 is 28.4 Å². The highest BCUT2D eigenvalue weighted by Gasteiger charge is 2.26. The maximum absolute atomic E-state index is 13.4. The van der Waals surface area contributed by atoms with Crippen molar-refractivity contribution in [3.05, 3.63) is 39.7 Å². The van der Waals surface area contributed by atoms with Crippen molar-refractivity contribution in [1.29, 1.82) is 0 Å². The summed E-state index contributed by atoms with van der Waals surface area (Å²) in [6.45, 7) is 1.51. The number of benzene rings is 1. The summed E-state index contributed by atoms with van der Waals surface area (Å²) in [4.78, 5) is 33.2. The summed E-state index contributed by atoms with van der Waals surface area (Å²) in [7, 11) is 0. The average Bonchev–Trinajstić information content (AvgIpc) is 3.21. The first-order chi connectivity index (χ1) is 9.88. The Balaban J connectivity index is 2.00. The van der Waals surface area contributed by atoms with Gasteiger partial charge in [0, 0.05) is 17.7 Å². The molecular weight excluding hydrogens is 281 g/mol. The van der Waals surface area contributed by atoms with Gasteiger partial charge in [0.2, 0.25) is 11.7 Å². The van der Waals surface area contributed by atoms with E-state index in [1.54, 1.807) is 0 Å². The van der Waals surface area contributed by atoms with Gasteiger partial charge < -0.3 is 10.6 Å². The maximum atomic E-state index is 13.4. The molecule has 112 valence electrons. The molecule has 0 aromatic heterocycles. The van der Waals surface area contributed by atoms with E-state index in [2.05, 4.69) is 10.6 Å². The fourth-order valence-electron chi connectivity index (χ4n) is 1.70. The van der Waals surface area contributed by atoms with Crippen LogP contribution in [0.1, 0.15) is 30.1 Å². The van der Waals surface area contributed by atoms with Crippen molar-refractivity contribution in [2.24, 2.45) is 0 Å². The van der Waals surface area contributed by atoms with Gasteiger partial charge in [-0.25, -0.2) is 0 Å². The van der Waals surface area contributed by atoms with Gasteiger partial charge in [0.25, 0.3) is 5.91 Å². The number of carbonyl (C=O) groups excluding carboxylic acids is 2. The predicted octanol–water partition coefficient (Wildman–Crippen LogP) is 1.13. The van der Waals surface area contributed by atoms with E-state index in [1.165, 1.54) is 6.92 Å². The van der Waals surface area contributed by atoms with Crippen molar-refractivity contribution in [2.75, 3.05) is 0 Å². The molecule has 1 atom stereocenters. The summed E-state index contributed by atoms with van der Waals surface area (Å²) in [6.07, 6.45) is 1.86. The van der Waals surface area contributed by atoms with Crippen molar-refractivity contribution in [3.63, 3.8) is 0 Å². The number of rotatable bonds is 5. The van der Waals surface area contributed by atoms with E-state index in [1.807, 2.05) is 0 Å². The Hall–Kier alpha value is -2.51. The molecule has 1 aliphatic rings. The van der Waals surface area contributed by atoms with Crippen molar-refractivity contribution < 1.29 is 18.9 Å². The van der Waals surface area contributed by atoms with E-state index in [4.69, 9.17) is 0 Å². The van der Waals surface area contributed by atoms with Crippen LogP contribution >= 0.6 is 0 Å². The van der Waals surface area contributed by atoms with Gasteiger partial charge >= 0.3 is 5.69 Å². The highest BCUT2D eigenvalue weighted by molar-refractivity contribution is 5.97. The first kappa shape index (κ1) is 14.9. The Morgan fingerprint density at radius 2 is 2.10 bits per heavy atom. The summed E-state index contributed by atoms with van der Waals surface area (Å²) >= 11 is 0. The first-order valence-electron chi connectivity index (χ1n) is 6.43. The molecule has 0 aliphatic heterocycles. The van der Waals surface area contributed by atoms with Crippen LogP contribution in [-0.2, 0) is 4.79 Å². The zero-order chi connectivity index (χ0) is 15.6. The average molecular weight is 295 g/mol. The third-order valence-corrected chi connectivity index (χ3v) is 3.07. The normalized spacial score (nSPS) is 15.1. The van der Waals surface area contributed by atoms with Crippen molar-refractivity contribution in [3.8, 4) is 0 Å². The molecule has 1 aromatic rings. The van der Waals surface area contributed by atoms with Gasteiger partial charge in [-0.15, -0.1) is 0 Å². The SMILES string of the molecule is CC(NC(=O)c1ccc([N+](=O)[O-])c(F)c1)C(=O)NC1CC1. The molecule has 8 heteroatoms. The second kappa shape index (κ2) is 5.86. The second-order valence-electron chi connectivity index (χ2n) is 4.90. The molecule has 2 amide bonds. The molecule has 2 rings (SSSR count). The number of halogens is 1. The van der Waals surface area contributed by atoms with E-state index in [-0.39, 0.29) is 17.5 Å². The number of amides is 2. The molecule has 0 spiro atoms. The van der Waals surface area contributed by atoms with E-state index in [0.29, 0.717) is 0 Å². The zero-order valence-corrected chi connectivity index (χ0v) is 11.3. The lowest BCUT2D eigenvalue weighted by atomic mass is 10.1. The summed E-state index contributed by atoms with van der Waals surface area (Å²) in [5.74, 6) is -2.07. The van der Waals surface area contributed by atoms with Crippen LogP contribution < -0.4 is 10.6 Å². The van der Waals surface area contributed by atoms with Gasteiger partial charge in [-0.2, -0.15) is 4.39 Å². The molecule has 7 nitrogen and oxygen atoms in total. The van der Waals surface area contributed by atoms with Crippen LogP contribution in [0.25, 0.3) is 0 Å². The molecule has 1 fully saturated rings. The lowest BCUT2D eigenvalue weighted by molar-refractivity contribution is -0.387. The van der Waals surface area contributed by atoms with Crippen LogP contribution in [0.3, 0.4) is 0 Å². The summed E-state index contributed by atoms with van der Waals surface area (Å²) in [5.41, 5.74) is -0.782. The molecule has 0 heterocycles. The molecule has 1 unspecified atom stereocenters. The Bertz CT molecular complexity index is 601. The van der Waals surface area contributed by atoms with Crippen LogP contribution in [0, 0.1) is 15.9 Å². The number of nitrogens with zero attached hydrogens (tertiary/aromatic N) is 1. The van der Waals surface area contributed by atoms with E-state index in [0.717, 1.165) is 31.0 Å². The molecule has 0 radical (unpaired) electrons. The van der Waals surface area contributed by atoms with Crippen molar-refractivity contribution in [2.45, 2.75) is 31.8 Å². The molecule has 1 saturated carbocycles. The van der Waals surface area contributed by atoms with Gasteiger partial charge in [0.1, 0.15) is 6.04 Å². The Morgan fingerprint density at radius 1 is 1.43 bits per heavy atom. The highest BCUT2D eigenvalue weighted by atomic mass is 19.1. The largest absolute Gasteiger partial charge is 0.352 e. The number of nitrogens with one attached hydrogen (secondary N) is 2. The minimum absolute atomic E-state index is 0.0795. The van der Waals surface area contributed by atoms with Crippen molar-refractivity contribution >= 4 is 17.5 Å². The lowest BCUT2D eigenvalue weighted by Gasteiger charge is -2.13. The van der Waals surface area contributed by atoms with E-state index >= 15 is 0 Å². The standard InChI is InChI=1S/C13H14FN3O4/c1-7(12(18)16-9-3-4-9)15-13(19)8-2-5-11(17(20)21)10(14)6-8/h2,5-7,9H,3-4H2,1H3,(H,15,19)(H,16,18). The smallest absolute Gasteiger partial charge is 0.304 e. The molecule has 21 heavy (non-hydrogen) atoms. The minimum atomic E-state index is -1.09. The molecule has 2 N–H and O–H groups in total. The fourth-order valence-corrected chi connectivity index (χ4v) is 1.70. The van der Waals surface area contributed by atoms with Gasteiger partial charge in [-0.3, -0.25) is 19.7 Å². The van der Waals surface area contributed by atoms with Crippen LogP contribution in [-0.4, -0.2) is 28.8 Å². The lowest BCUT2D eigenvalue weighted by Crippen LogP contribution is -2.45. The molecular formula is C13H14FN3O4. The maximum Gasteiger partial charge on any atom is 0.304 e. The summed E-state index contributed by atoms with van der Waals surface area (Å²) in [5, 5.41) is 15.6. The van der Waals surface area contributed by atoms with Gasteiger partial charge in [0.15, 0.2) is 0 Å². The number of hydrogen-bond acceptors (Lipinski definition) is 4. The number of hydrogen-bond donors (Lipinski definition) is 2. The van der Waals surface area contributed by atoms with Gasteiger partial charge in [-0.1, -0.05) is 0 Å².